The number of nitrogens with one attached hydrogen (secondary N) is 1. The fourth-order valence-corrected chi connectivity index (χ4v) is 3.19. The molecule has 1 aliphatic rings. The van der Waals surface area contributed by atoms with Crippen LogP contribution in [-0.4, -0.2) is 47.5 Å². The van der Waals surface area contributed by atoms with Gasteiger partial charge in [0.2, 0.25) is 11.8 Å². The molecule has 2 N–H and O–H groups in total. The van der Waals surface area contributed by atoms with Gasteiger partial charge in [-0.25, -0.2) is 0 Å². The number of carbonyl (C=O) groups excluding carboxylic acids is 2. The molecule has 26 heavy (non-hydrogen) atoms. The molecule has 1 aliphatic heterocycles. The smallest absolute Gasteiger partial charge is 0.311 e. The van der Waals surface area contributed by atoms with Crippen molar-refractivity contribution in [3.8, 4) is 5.75 Å². The lowest BCUT2D eigenvalue weighted by atomic mass is 9.90. The molecule has 2 atom stereocenters. The van der Waals surface area contributed by atoms with E-state index in [0.717, 1.165) is 5.56 Å². The zero-order valence-electron chi connectivity index (χ0n) is 15.4. The van der Waals surface area contributed by atoms with Crippen LogP contribution in [0.25, 0.3) is 0 Å². The van der Waals surface area contributed by atoms with Crippen LogP contribution >= 0.6 is 0 Å². The molecule has 2 amide bonds. The van der Waals surface area contributed by atoms with Crippen molar-refractivity contribution in [2.75, 3.05) is 19.7 Å². The van der Waals surface area contributed by atoms with Crippen LogP contribution in [0.4, 0.5) is 0 Å². The van der Waals surface area contributed by atoms with Crippen LogP contribution in [0.2, 0.25) is 0 Å². The van der Waals surface area contributed by atoms with Crippen LogP contribution in [0.5, 0.6) is 5.75 Å². The van der Waals surface area contributed by atoms with Crippen LogP contribution in [-0.2, 0) is 14.4 Å². The monoisotopic (exact) mass is 362 g/mol. The Bertz CT molecular complexity index is 690. The Kier molecular flexibility index (Phi) is 6.23. The van der Waals surface area contributed by atoms with Crippen molar-refractivity contribution in [3.63, 3.8) is 0 Å². The molecule has 7 heteroatoms. The molecule has 2 rings (SSSR count). The molecule has 1 fully saturated rings. The summed E-state index contributed by atoms with van der Waals surface area (Å²) in [4.78, 5) is 37.3. The highest BCUT2D eigenvalue weighted by atomic mass is 16.5. The summed E-state index contributed by atoms with van der Waals surface area (Å²) in [6.45, 7) is 5.98. The lowest BCUT2D eigenvalue weighted by molar-refractivity contribution is -0.147. The fraction of sp³-hybridized carbons (Fsp3) is 0.526. The molecule has 0 saturated carbocycles. The largest absolute Gasteiger partial charge is 0.494 e. The molecule has 1 aromatic carbocycles. The number of likely N-dealkylation sites (tertiary alicyclic amines) is 1. The number of para-hydroxylation sites is 1. The molecule has 0 unspecified atom stereocenters. The number of nitrogens with zero attached hydrogens (tertiary/aromatic N) is 1. The Balaban J connectivity index is 2.17. The zero-order valence-corrected chi connectivity index (χ0v) is 15.4. The molecule has 0 aromatic heterocycles. The van der Waals surface area contributed by atoms with Crippen LogP contribution in [0, 0.1) is 5.41 Å². The highest BCUT2D eigenvalue weighted by Crippen LogP contribution is 2.32. The summed E-state index contributed by atoms with van der Waals surface area (Å²) in [5.74, 6) is -0.697. The van der Waals surface area contributed by atoms with Crippen molar-refractivity contribution in [2.24, 2.45) is 5.41 Å². The molecule has 0 aliphatic carbocycles. The third-order valence-electron chi connectivity index (χ3n) is 4.69. The van der Waals surface area contributed by atoms with Gasteiger partial charge in [-0.15, -0.1) is 0 Å². The molecule has 0 spiro atoms. The van der Waals surface area contributed by atoms with Gasteiger partial charge >= 0.3 is 5.97 Å². The van der Waals surface area contributed by atoms with Crippen LogP contribution in [0.15, 0.2) is 24.3 Å². The van der Waals surface area contributed by atoms with E-state index in [-0.39, 0.29) is 24.8 Å². The topological polar surface area (TPSA) is 95.9 Å². The summed E-state index contributed by atoms with van der Waals surface area (Å²) in [6, 6.07) is 6.76. The first-order valence-corrected chi connectivity index (χ1v) is 8.77. The summed E-state index contributed by atoms with van der Waals surface area (Å²) in [5.41, 5.74) is -0.180. The number of carboxylic acids is 1. The number of amides is 2. The number of aliphatic carboxylic acids is 1. The molecule has 1 heterocycles. The van der Waals surface area contributed by atoms with Gasteiger partial charge in [0.15, 0.2) is 0 Å². The number of carbonyl (C=O) groups is 3. The average molecular weight is 362 g/mol. The second kappa shape index (κ2) is 8.21. The van der Waals surface area contributed by atoms with Gasteiger partial charge in [0.25, 0.3) is 0 Å². The zero-order chi connectivity index (χ0) is 19.3. The first kappa shape index (κ1) is 19.8. The molecule has 0 radical (unpaired) electrons. The third-order valence-corrected chi connectivity index (χ3v) is 4.69. The van der Waals surface area contributed by atoms with E-state index in [2.05, 4.69) is 5.32 Å². The van der Waals surface area contributed by atoms with Crippen LogP contribution in [0.3, 0.4) is 0 Å². The number of hydrogen-bond acceptors (Lipinski definition) is 4. The van der Waals surface area contributed by atoms with Gasteiger partial charge in [-0.05, 0) is 26.3 Å². The van der Waals surface area contributed by atoms with Gasteiger partial charge in [0, 0.05) is 25.6 Å². The summed E-state index contributed by atoms with van der Waals surface area (Å²) < 4.78 is 5.62. The number of rotatable bonds is 7. The minimum Gasteiger partial charge on any atom is -0.494 e. The van der Waals surface area contributed by atoms with Crippen molar-refractivity contribution >= 4 is 17.8 Å². The second-order valence-electron chi connectivity index (χ2n) is 6.86. The van der Waals surface area contributed by atoms with Crippen molar-refractivity contribution in [1.82, 2.24) is 10.2 Å². The molecular formula is C19H26N2O5. The molecule has 0 bridgehead atoms. The van der Waals surface area contributed by atoms with E-state index >= 15 is 0 Å². The standard InChI is InChI=1S/C19H26N2O5/c1-4-26-16-8-6-5-7-14(16)15(20-13(2)22)11-17(23)21-10-9-19(3,12-21)18(24)25/h5-8,15H,4,9-12H2,1-3H3,(H,20,22)(H,24,25)/t15-,19-/m0/s1. The Hall–Kier alpha value is -2.57. The number of carboxylic acid groups (broad SMARTS) is 1. The summed E-state index contributed by atoms with van der Waals surface area (Å²) in [5, 5.41) is 12.1. The quantitative estimate of drug-likeness (QED) is 0.773. The molecular weight excluding hydrogens is 336 g/mol. The van der Waals surface area contributed by atoms with E-state index in [4.69, 9.17) is 4.74 Å². The molecule has 1 aromatic rings. The normalized spacial score (nSPS) is 20.5. The van der Waals surface area contributed by atoms with E-state index in [1.54, 1.807) is 17.9 Å². The second-order valence-corrected chi connectivity index (χ2v) is 6.86. The lowest BCUT2D eigenvalue weighted by Crippen LogP contribution is -2.37. The van der Waals surface area contributed by atoms with E-state index in [1.165, 1.54) is 6.92 Å². The van der Waals surface area contributed by atoms with Gasteiger partial charge < -0.3 is 20.1 Å². The Morgan fingerprint density at radius 3 is 2.62 bits per heavy atom. The SMILES string of the molecule is CCOc1ccccc1[C@H](CC(=O)N1CC[C@](C)(C(=O)O)C1)NC(C)=O. The van der Waals surface area contributed by atoms with Crippen molar-refractivity contribution in [2.45, 2.75) is 39.7 Å². The minimum absolute atomic E-state index is 0.0549. The first-order valence-electron chi connectivity index (χ1n) is 8.77. The van der Waals surface area contributed by atoms with E-state index in [1.807, 2.05) is 25.1 Å². The number of benzene rings is 1. The molecule has 1 saturated heterocycles. The van der Waals surface area contributed by atoms with Gasteiger partial charge in [-0.2, -0.15) is 0 Å². The Morgan fingerprint density at radius 1 is 1.35 bits per heavy atom. The van der Waals surface area contributed by atoms with Crippen LogP contribution < -0.4 is 10.1 Å². The molecule has 142 valence electrons. The lowest BCUT2D eigenvalue weighted by Gasteiger charge is -2.24. The summed E-state index contributed by atoms with van der Waals surface area (Å²) in [6.07, 6.45) is 0.480. The minimum atomic E-state index is -0.914. The number of ether oxygens (including phenoxy) is 1. The first-order chi connectivity index (χ1) is 12.3. The maximum atomic E-state index is 12.7. The van der Waals surface area contributed by atoms with E-state index < -0.39 is 17.4 Å². The van der Waals surface area contributed by atoms with Crippen molar-refractivity contribution in [3.05, 3.63) is 29.8 Å². The van der Waals surface area contributed by atoms with Crippen LogP contribution in [0.1, 0.15) is 45.2 Å². The maximum absolute atomic E-state index is 12.7. The third kappa shape index (κ3) is 4.53. The average Bonchev–Trinajstić information content (AvgIpc) is 2.99. The Morgan fingerprint density at radius 2 is 2.04 bits per heavy atom. The van der Waals surface area contributed by atoms with Gasteiger partial charge in [-0.3, -0.25) is 14.4 Å². The number of hydrogen-bond donors (Lipinski definition) is 2. The summed E-state index contributed by atoms with van der Waals surface area (Å²) in [7, 11) is 0. The predicted octanol–water partition coefficient (Wildman–Crippen LogP) is 1.98. The van der Waals surface area contributed by atoms with Gasteiger partial charge in [-0.1, -0.05) is 18.2 Å². The molecule has 7 nitrogen and oxygen atoms in total. The van der Waals surface area contributed by atoms with E-state index in [0.29, 0.717) is 25.3 Å². The maximum Gasteiger partial charge on any atom is 0.311 e. The van der Waals surface area contributed by atoms with Crippen molar-refractivity contribution in [1.29, 1.82) is 0 Å². The predicted molar refractivity (Wildman–Crippen MR) is 95.7 cm³/mol. The van der Waals surface area contributed by atoms with Crippen molar-refractivity contribution < 1.29 is 24.2 Å². The highest BCUT2D eigenvalue weighted by Gasteiger charge is 2.42. The van der Waals surface area contributed by atoms with Gasteiger partial charge in [0.1, 0.15) is 5.75 Å². The fourth-order valence-electron chi connectivity index (χ4n) is 3.19. The van der Waals surface area contributed by atoms with E-state index in [9.17, 15) is 19.5 Å². The Labute approximate surface area is 153 Å². The highest BCUT2D eigenvalue weighted by molar-refractivity contribution is 5.82. The summed E-state index contributed by atoms with van der Waals surface area (Å²) >= 11 is 0. The van der Waals surface area contributed by atoms with Gasteiger partial charge in [0.05, 0.1) is 24.5 Å².